The van der Waals surface area contributed by atoms with E-state index in [-0.39, 0.29) is 6.03 Å². The van der Waals surface area contributed by atoms with E-state index in [1.807, 2.05) is 54.8 Å². The monoisotopic (exact) mass is 483 g/mol. The molecule has 0 atom stereocenters. The lowest BCUT2D eigenvalue weighted by Gasteiger charge is -2.11. The Balaban J connectivity index is 1.59. The number of anilines is 1. The van der Waals surface area contributed by atoms with E-state index in [0.29, 0.717) is 29.7 Å². The molecular formula is C25H21N7O2S. The van der Waals surface area contributed by atoms with Crippen LogP contribution < -0.4 is 10.6 Å². The average Bonchev–Trinajstić information content (AvgIpc) is 3.54. The molecule has 2 amide bonds. The molecule has 1 aromatic carbocycles. The molecule has 0 radical (unpaired) electrons. The predicted molar refractivity (Wildman–Crippen MR) is 135 cm³/mol. The van der Waals surface area contributed by atoms with Crippen LogP contribution in [0.15, 0.2) is 70.9 Å². The van der Waals surface area contributed by atoms with Crippen molar-refractivity contribution in [3.05, 3.63) is 72.3 Å². The van der Waals surface area contributed by atoms with Crippen LogP contribution in [0.1, 0.15) is 12.8 Å². The van der Waals surface area contributed by atoms with Crippen molar-refractivity contribution in [3.63, 3.8) is 0 Å². The third-order valence-corrected chi connectivity index (χ3v) is 5.98. The summed E-state index contributed by atoms with van der Waals surface area (Å²) in [4.78, 5) is 25.8. The number of aromatic nitrogens is 5. The van der Waals surface area contributed by atoms with Crippen LogP contribution in [0.2, 0.25) is 0 Å². The fourth-order valence-electron chi connectivity index (χ4n) is 3.51. The molecule has 0 saturated heterocycles. The lowest BCUT2D eigenvalue weighted by molar-refractivity contribution is 0.252. The van der Waals surface area contributed by atoms with Gasteiger partial charge in [0.05, 0.1) is 11.3 Å². The normalized spacial score (nSPS) is 10.8. The summed E-state index contributed by atoms with van der Waals surface area (Å²) in [6, 6.07) is 13.4. The molecular weight excluding hydrogens is 462 g/mol. The van der Waals surface area contributed by atoms with Crippen molar-refractivity contribution in [2.24, 2.45) is 0 Å². The number of urea groups is 1. The van der Waals surface area contributed by atoms with E-state index in [9.17, 15) is 4.79 Å². The molecule has 0 bridgehead atoms. The number of pyridine rings is 2. The van der Waals surface area contributed by atoms with E-state index >= 15 is 0 Å². The number of amides is 2. The lowest BCUT2D eigenvalue weighted by Crippen LogP contribution is -2.28. The molecule has 9 nitrogen and oxygen atoms in total. The Morgan fingerprint density at radius 2 is 1.83 bits per heavy atom. The number of aryl methyl sites for hydroxylation is 1. The zero-order chi connectivity index (χ0) is 24.2. The molecule has 0 aliphatic rings. The molecule has 0 unspecified atom stereocenters. The number of thiazole rings is 1. The van der Waals surface area contributed by atoms with Crippen LogP contribution >= 0.6 is 11.3 Å². The Kier molecular flexibility index (Phi) is 6.27. The smallest absolute Gasteiger partial charge is 0.320 e. The number of hydrogen-bond acceptors (Lipinski definition) is 8. The summed E-state index contributed by atoms with van der Waals surface area (Å²) in [5.74, 6) is 1.29. The zero-order valence-corrected chi connectivity index (χ0v) is 19.8. The fourth-order valence-corrected chi connectivity index (χ4v) is 4.37. The Bertz CT molecular complexity index is 1480. The van der Waals surface area contributed by atoms with E-state index < -0.39 is 0 Å². The van der Waals surface area contributed by atoms with Gasteiger partial charge in [-0.1, -0.05) is 30.3 Å². The first-order chi connectivity index (χ1) is 17.1. The van der Waals surface area contributed by atoms with Gasteiger partial charge in [0.15, 0.2) is 0 Å². The highest BCUT2D eigenvalue weighted by molar-refractivity contribution is 7.13. The van der Waals surface area contributed by atoms with Gasteiger partial charge in [0.2, 0.25) is 11.8 Å². The molecule has 5 rings (SSSR count). The quantitative estimate of drug-likeness (QED) is 0.330. The minimum Gasteiger partial charge on any atom is -0.421 e. The van der Waals surface area contributed by atoms with Gasteiger partial charge in [0, 0.05) is 59.7 Å². The number of carbonyl (C=O) groups excluding carboxylic acids is 1. The first-order valence-corrected chi connectivity index (χ1v) is 11.8. The Hall–Kier alpha value is -4.44. The fraction of sp³-hybridized carbons (Fsp3) is 0.120. The molecule has 10 heteroatoms. The number of benzene rings is 1. The largest absolute Gasteiger partial charge is 0.421 e. The second-order valence-corrected chi connectivity index (χ2v) is 8.45. The molecule has 0 spiro atoms. The van der Waals surface area contributed by atoms with Gasteiger partial charge in [0.25, 0.3) is 0 Å². The Morgan fingerprint density at radius 1 is 1.00 bits per heavy atom. The average molecular weight is 484 g/mol. The van der Waals surface area contributed by atoms with Gasteiger partial charge in [-0.2, -0.15) is 0 Å². The highest BCUT2D eigenvalue weighted by atomic mass is 32.1. The maximum absolute atomic E-state index is 12.1. The highest BCUT2D eigenvalue weighted by Gasteiger charge is 2.17. The predicted octanol–water partition coefficient (Wildman–Crippen LogP) is 5.43. The highest BCUT2D eigenvalue weighted by Crippen LogP contribution is 2.37. The van der Waals surface area contributed by atoms with Crippen molar-refractivity contribution in [1.29, 1.82) is 0 Å². The van der Waals surface area contributed by atoms with E-state index in [4.69, 9.17) is 9.40 Å². The maximum atomic E-state index is 12.1. The van der Waals surface area contributed by atoms with Gasteiger partial charge < -0.3 is 9.73 Å². The number of carbonyl (C=O) groups is 1. The minimum absolute atomic E-state index is 0.321. The van der Waals surface area contributed by atoms with E-state index in [1.165, 1.54) is 11.3 Å². The molecule has 35 heavy (non-hydrogen) atoms. The van der Waals surface area contributed by atoms with Crippen molar-refractivity contribution in [1.82, 2.24) is 30.5 Å². The van der Waals surface area contributed by atoms with Crippen molar-refractivity contribution >= 4 is 23.2 Å². The van der Waals surface area contributed by atoms with E-state index in [1.54, 1.807) is 25.5 Å². The zero-order valence-electron chi connectivity index (χ0n) is 19.0. The Morgan fingerprint density at radius 3 is 2.60 bits per heavy atom. The third kappa shape index (κ3) is 4.92. The molecule has 5 aromatic rings. The number of nitrogens with zero attached hydrogens (tertiary/aromatic N) is 5. The van der Waals surface area contributed by atoms with Crippen LogP contribution in [-0.4, -0.2) is 37.7 Å². The molecule has 2 N–H and O–H groups in total. The van der Waals surface area contributed by atoms with Crippen molar-refractivity contribution in [3.8, 4) is 44.4 Å². The molecule has 4 heterocycles. The second kappa shape index (κ2) is 9.82. The molecule has 0 fully saturated rings. The number of nitrogens with one attached hydrogen (secondary N) is 2. The van der Waals surface area contributed by atoms with Gasteiger partial charge >= 0.3 is 6.03 Å². The molecule has 0 saturated carbocycles. The molecule has 0 aliphatic carbocycles. The summed E-state index contributed by atoms with van der Waals surface area (Å²) < 4.78 is 5.57. The van der Waals surface area contributed by atoms with Crippen LogP contribution in [0, 0.1) is 6.92 Å². The lowest BCUT2D eigenvalue weighted by atomic mass is 10.0. The standard InChI is InChI=1S/C25H21N7O2S/c1-3-27-25(33)30-22-10-19(24-29-21(14-35-24)16-7-5-4-6-8-16)20(13-28-22)17-9-18(12-26-11-17)23-32-31-15(2)34-23/h4-14H,3H2,1-2H3,(H2,27,28,30,33). The van der Waals surface area contributed by atoms with Gasteiger partial charge in [-0.05, 0) is 19.1 Å². The summed E-state index contributed by atoms with van der Waals surface area (Å²) in [6.07, 6.45) is 5.13. The summed E-state index contributed by atoms with van der Waals surface area (Å²) in [5, 5.41) is 16.3. The first-order valence-electron chi connectivity index (χ1n) is 10.9. The third-order valence-electron chi connectivity index (χ3n) is 5.11. The van der Waals surface area contributed by atoms with Crippen LogP contribution in [0.4, 0.5) is 10.6 Å². The van der Waals surface area contributed by atoms with Crippen LogP contribution in [0.25, 0.3) is 44.4 Å². The summed E-state index contributed by atoms with van der Waals surface area (Å²) >= 11 is 1.52. The topological polar surface area (TPSA) is 119 Å². The van der Waals surface area contributed by atoms with E-state index in [2.05, 4.69) is 30.8 Å². The van der Waals surface area contributed by atoms with Crippen LogP contribution in [0.5, 0.6) is 0 Å². The molecule has 0 aliphatic heterocycles. The second-order valence-electron chi connectivity index (χ2n) is 7.59. The molecule has 174 valence electrons. The maximum Gasteiger partial charge on any atom is 0.320 e. The molecule has 4 aromatic heterocycles. The number of hydrogen-bond donors (Lipinski definition) is 2. The van der Waals surface area contributed by atoms with E-state index in [0.717, 1.165) is 33.0 Å². The first kappa shape index (κ1) is 22.4. The van der Waals surface area contributed by atoms with Gasteiger partial charge in [-0.3, -0.25) is 10.3 Å². The van der Waals surface area contributed by atoms with Gasteiger partial charge in [-0.15, -0.1) is 21.5 Å². The SMILES string of the molecule is CCNC(=O)Nc1cc(-c2nc(-c3ccccc3)cs2)c(-c2cncc(-c3nnc(C)o3)c2)cn1. The summed E-state index contributed by atoms with van der Waals surface area (Å²) in [6.45, 7) is 4.10. The van der Waals surface area contributed by atoms with Crippen molar-refractivity contribution in [2.75, 3.05) is 11.9 Å². The van der Waals surface area contributed by atoms with Crippen molar-refractivity contribution < 1.29 is 9.21 Å². The van der Waals surface area contributed by atoms with Gasteiger partial charge in [-0.25, -0.2) is 14.8 Å². The minimum atomic E-state index is -0.321. The summed E-state index contributed by atoms with van der Waals surface area (Å²) in [5.41, 5.74) is 5.04. The van der Waals surface area contributed by atoms with Crippen LogP contribution in [-0.2, 0) is 0 Å². The number of rotatable bonds is 6. The van der Waals surface area contributed by atoms with Crippen molar-refractivity contribution in [2.45, 2.75) is 13.8 Å². The Labute approximate surface area is 205 Å². The van der Waals surface area contributed by atoms with Gasteiger partial charge in [0.1, 0.15) is 10.8 Å². The summed E-state index contributed by atoms with van der Waals surface area (Å²) in [7, 11) is 0. The van der Waals surface area contributed by atoms with Crippen LogP contribution in [0.3, 0.4) is 0 Å².